The largest absolute Gasteiger partial charge is 0.373 e. The lowest BCUT2D eigenvalue weighted by Gasteiger charge is -2.31. The molecule has 19 heavy (non-hydrogen) atoms. The SMILES string of the molecule is CCC(=O)C(C)(C)COC(C)(C)CNC(=O)C(C)C. The molecule has 0 atom stereocenters. The average molecular weight is 271 g/mol. The van der Waals surface area contributed by atoms with Crippen LogP contribution in [0.15, 0.2) is 0 Å². The highest BCUT2D eigenvalue weighted by Crippen LogP contribution is 2.22. The summed E-state index contributed by atoms with van der Waals surface area (Å²) in [6, 6.07) is 0. The second-order valence-electron chi connectivity index (χ2n) is 6.58. The average Bonchev–Trinajstić information content (AvgIpc) is 2.32. The summed E-state index contributed by atoms with van der Waals surface area (Å²) in [6.45, 7) is 14.0. The molecule has 0 bridgehead atoms. The third kappa shape index (κ3) is 6.71. The summed E-state index contributed by atoms with van der Waals surface area (Å²) in [5, 5.41) is 2.85. The quantitative estimate of drug-likeness (QED) is 0.738. The van der Waals surface area contributed by atoms with Gasteiger partial charge in [0, 0.05) is 24.3 Å². The number of nitrogens with one attached hydrogen (secondary N) is 1. The number of hydrogen-bond acceptors (Lipinski definition) is 3. The van der Waals surface area contributed by atoms with E-state index in [-0.39, 0.29) is 17.6 Å². The fraction of sp³-hybridized carbons (Fsp3) is 0.867. The molecular weight excluding hydrogens is 242 g/mol. The van der Waals surface area contributed by atoms with Crippen molar-refractivity contribution in [1.29, 1.82) is 0 Å². The first-order valence-corrected chi connectivity index (χ1v) is 6.97. The van der Waals surface area contributed by atoms with Crippen LogP contribution in [0.5, 0.6) is 0 Å². The van der Waals surface area contributed by atoms with Gasteiger partial charge < -0.3 is 10.1 Å². The Kier molecular flexibility index (Phi) is 6.70. The van der Waals surface area contributed by atoms with Gasteiger partial charge in [-0.05, 0) is 13.8 Å². The Morgan fingerprint density at radius 2 is 1.68 bits per heavy atom. The molecule has 0 fully saturated rings. The van der Waals surface area contributed by atoms with Crippen molar-refractivity contribution in [3.05, 3.63) is 0 Å². The highest BCUT2D eigenvalue weighted by atomic mass is 16.5. The van der Waals surface area contributed by atoms with Crippen LogP contribution in [0.3, 0.4) is 0 Å². The van der Waals surface area contributed by atoms with Gasteiger partial charge in [-0.25, -0.2) is 0 Å². The molecule has 0 saturated carbocycles. The van der Waals surface area contributed by atoms with Gasteiger partial charge in [-0.1, -0.05) is 34.6 Å². The molecule has 0 aliphatic heterocycles. The first-order chi connectivity index (χ1) is 8.52. The van der Waals surface area contributed by atoms with E-state index in [0.717, 1.165) is 0 Å². The van der Waals surface area contributed by atoms with Crippen molar-refractivity contribution in [1.82, 2.24) is 5.32 Å². The minimum absolute atomic E-state index is 0.0144. The predicted molar refractivity (Wildman–Crippen MR) is 77.0 cm³/mol. The van der Waals surface area contributed by atoms with E-state index in [9.17, 15) is 9.59 Å². The number of hydrogen-bond donors (Lipinski definition) is 1. The number of rotatable bonds is 8. The van der Waals surface area contributed by atoms with Crippen molar-refractivity contribution in [3.8, 4) is 0 Å². The second-order valence-corrected chi connectivity index (χ2v) is 6.58. The molecule has 0 aliphatic carbocycles. The minimum atomic E-state index is -0.478. The topological polar surface area (TPSA) is 55.4 Å². The smallest absolute Gasteiger partial charge is 0.222 e. The van der Waals surface area contributed by atoms with E-state index in [1.165, 1.54) is 0 Å². The molecule has 4 nitrogen and oxygen atoms in total. The summed E-state index contributed by atoms with van der Waals surface area (Å²) in [7, 11) is 0. The van der Waals surface area contributed by atoms with Gasteiger partial charge in [-0.15, -0.1) is 0 Å². The van der Waals surface area contributed by atoms with Gasteiger partial charge in [0.05, 0.1) is 12.2 Å². The van der Waals surface area contributed by atoms with Gasteiger partial charge >= 0.3 is 0 Å². The van der Waals surface area contributed by atoms with E-state index in [4.69, 9.17) is 4.74 Å². The van der Waals surface area contributed by atoms with E-state index >= 15 is 0 Å². The molecule has 0 spiro atoms. The van der Waals surface area contributed by atoms with Crippen LogP contribution in [0.2, 0.25) is 0 Å². The molecular formula is C15H29NO3. The highest BCUT2D eigenvalue weighted by molar-refractivity contribution is 5.83. The number of amides is 1. The van der Waals surface area contributed by atoms with Crippen LogP contribution in [-0.2, 0) is 14.3 Å². The fourth-order valence-electron chi connectivity index (χ4n) is 1.49. The van der Waals surface area contributed by atoms with Crippen molar-refractivity contribution in [2.24, 2.45) is 11.3 Å². The molecule has 0 aliphatic rings. The van der Waals surface area contributed by atoms with Gasteiger partial charge in [-0.2, -0.15) is 0 Å². The normalized spacial score (nSPS) is 12.6. The number of ketones is 1. The van der Waals surface area contributed by atoms with Gasteiger partial charge in [0.1, 0.15) is 5.78 Å². The molecule has 0 saturated heterocycles. The monoisotopic (exact) mass is 271 g/mol. The summed E-state index contributed by atoms with van der Waals surface area (Å²) in [5.74, 6) is 0.170. The maximum absolute atomic E-state index is 11.8. The molecule has 0 unspecified atom stereocenters. The van der Waals surface area contributed by atoms with Crippen molar-refractivity contribution >= 4 is 11.7 Å². The van der Waals surface area contributed by atoms with Crippen LogP contribution in [0.1, 0.15) is 54.9 Å². The van der Waals surface area contributed by atoms with Crippen LogP contribution in [0.25, 0.3) is 0 Å². The third-order valence-corrected chi connectivity index (χ3v) is 3.11. The lowest BCUT2D eigenvalue weighted by Crippen LogP contribution is -2.44. The molecule has 0 aromatic rings. The lowest BCUT2D eigenvalue weighted by molar-refractivity contribution is -0.135. The Bertz CT molecular complexity index is 319. The number of carbonyl (C=O) groups is 2. The lowest BCUT2D eigenvalue weighted by atomic mass is 9.87. The number of ether oxygens (including phenoxy) is 1. The zero-order chi connectivity index (χ0) is 15.3. The maximum Gasteiger partial charge on any atom is 0.222 e. The van der Waals surface area contributed by atoms with Crippen LogP contribution in [-0.4, -0.2) is 30.4 Å². The van der Waals surface area contributed by atoms with Crippen molar-refractivity contribution in [3.63, 3.8) is 0 Å². The predicted octanol–water partition coefficient (Wildman–Crippen LogP) is 2.56. The molecule has 0 rings (SSSR count). The van der Waals surface area contributed by atoms with Crippen LogP contribution >= 0.6 is 0 Å². The van der Waals surface area contributed by atoms with Crippen LogP contribution in [0.4, 0.5) is 0 Å². The van der Waals surface area contributed by atoms with Gasteiger partial charge in [-0.3, -0.25) is 9.59 Å². The molecule has 0 aromatic carbocycles. The van der Waals surface area contributed by atoms with Crippen molar-refractivity contribution in [2.45, 2.75) is 60.5 Å². The van der Waals surface area contributed by atoms with Crippen molar-refractivity contribution in [2.75, 3.05) is 13.2 Å². The number of carbonyl (C=O) groups excluding carboxylic acids is 2. The van der Waals surface area contributed by atoms with Gasteiger partial charge in [0.15, 0.2) is 0 Å². The Morgan fingerprint density at radius 3 is 2.11 bits per heavy atom. The summed E-state index contributed by atoms with van der Waals surface area (Å²) < 4.78 is 5.81. The van der Waals surface area contributed by atoms with E-state index in [1.807, 2.05) is 48.5 Å². The van der Waals surface area contributed by atoms with Crippen LogP contribution in [0, 0.1) is 11.3 Å². The zero-order valence-electron chi connectivity index (χ0n) is 13.4. The molecule has 1 amide bonds. The summed E-state index contributed by atoms with van der Waals surface area (Å²) in [5.41, 5.74) is -0.954. The van der Waals surface area contributed by atoms with Crippen molar-refractivity contribution < 1.29 is 14.3 Å². The second kappa shape index (κ2) is 7.04. The summed E-state index contributed by atoms with van der Waals surface area (Å²) >= 11 is 0. The first kappa shape index (κ1) is 18.1. The van der Waals surface area contributed by atoms with E-state index in [1.54, 1.807) is 0 Å². The summed E-state index contributed by atoms with van der Waals surface area (Å²) in [6.07, 6.45) is 0.515. The Hall–Kier alpha value is -0.900. The fourth-order valence-corrected chi connectivity index (χ4v) is 1.49. The molecule has 0 aromatic heterocycles. The summed E-state index contributed by atoms with van der Waals surface area (Å²) in [4.78, 5) is 23.3. The van der Waals surface area contributed by atoms with E-state index in [0.29, 0.717) is 19.6 Å². The van der Waals surface area contributed by atoms with Gasteiger partial charge in [0.2, 0.25) is 5.91 Å². The van der Waals surface area contributed by atoms with Crippen LogP contribution < -0.4 is 5.32 Å². The molecule has 112 valence electrons. The molecule has 4 heteroatoms. The Morgan fingerprint density at radius 1 is 1.16 bits per heavy atom. The number of Topliss-reactive ketones (excluding diaryl/α,β-unsaturated/α-hetero) is 1. The van der Waals surface area contributed by atoms with E-state index in [2.05, 4.69) is 5.32 Å². The Labute approximate surface area is 117 Å². The standard InChI is InChI=1S/C15H29NO3/c1-8-12(17)14(4,5)10-19-15(6,7)9-16-13(18)11(2)3/h11H,8-10H2,1-7H3,(H,16,18). The molecule has 0 heterocycles. The van der Waals surface area contributed by atoms with Gasteiger partial charge in [0.25, 0.3) is 0 Å². The minimum Gasteiger partial charge on any atom is -0.373 e. The zero-order valence-corrected chi connectivity index (χ0v) is 13.4. The highest BCUT2D eigenvalue weighted by Gasteiger charge is 2.30. The maximum atomic E-state index is 11.8. The molecule has 1 N–H and O–H groups in total. The third-order valence-electron chi connectivity index (χ3n) is 3.11. The molecule has 0 radical (unpaired) electrons. The first-order valence-electron chi connectivity index (χ1n) is 6.97. The Balaban J connectivity index is 4.31. The van der Waals surface area contributed by atoms with E-state index < -0.39 is 11.0 Å².